The third kappa shape index (κ3) is 4.85. The van der Waals surface area contributed by atoms with Crippen molar-refractivity contribution in [3.05, 3.63) is 57.5 Å². The summed E-state index contributed by atoms with van der Waals surface area (Å²) in [6.07, 6.45) is -2.11. The molecule has 1 N–H and O–H groups in total. The molecule has 1 saturated heterocycles. The van der Waals surface area contributed by atoms with E-state index in [4.69, 9.17) is 11.6 Å². The van der Waals surface area contributed by atoms with Crippen molar-refractivity contribution in [3.8, 4) is 0 Å². The number of hydrogen-bond donors (Lipinski definition) is 1. The molecule has 2 aromatic rings. The molecule has 0 aliphatic carbocycles. The van der Waals surface area contributed by atoms with Gasteiger partial charge < -0.3 is 9.88 Å². The summed E-state index contributed by atoms with van der Waals surface area (Å²) < 4.78 is 66.0. The molecule has 1 aliphatic heterocycles. The molecule has 0 atom stereocenters. The number of benzene rings is 1. The molecule has 0 radical (unpaired) electrons. The fraction of sp³-hybridized carbons (Fsp3) is 0.333. The average molecular weight is 464 g/mol. The highest BCUT2D eigenvalue weighted by atomic mass is 35.5. The molecule has 2 heterocycles. The lowest BCUT2D eigenvalue weighted by Gasteiger charge is -2.16. The fourth-order valence-electron chi connectivity index (χ4n) is 3.00. The predicted octanol–water partition coefficient (Wildman–Crippen LogP) is 2.94. The van der Waals surface area contributed by atoms with Crippen molar-refractivity contribution in [3.63, 3.8) is 0 Å². The molecule has 0 bridgehead atoms. The summed E-state index contributed by atoms with van der Waals surface area (Å²) in [4.78, 5) is 24.2. The number of halogens is 4. The largest absolute Gasteiger partial charge is 0.416 e. The second-order valence-electron chi connectivity index (χ2n) is 6.68. The van der Waals surface area contributed by atoms with Crippen LogP contribution in [0.15, 0.2) is 46.2 Å². The second-order valence-corrected chi connectivity index (χ2v) is 9.03. The van der Waals surface area contributed by atoms with Crippen molar-refractivity contribution in [1.82, 2.24) is 8.87 Å². The van der Waals surface area contributed by atoms with Crippen LogP contribution in [0.3, 0.4) is 0 Å². The van der Waals surface area contributed by atoms with Gasteiger partial charge in [-0.25, -0.2) is 8.42 Å². The molecule has 3 rings (SSSR count). The number of alkyl halides is 3. The van der Waals surface area contributed by atoms with Crippen molar-refractivity contribution < 1.29 is 26.4 Å². The Labute approximate surface area is 175 Å². The van der Waals surface area contributed by atoms with E-state index >= 15 is 0 Å². The Balaban J connectivity index is 1.82. The third-order valence-corrected chi connectivity index (χ3v) is 6.75. The van der Waals surface area contributed by atoms with E-state index in [0.717, 1.165) is 47.9 Å². The summed E-state index contributed by atoms with van der Waals surface area (Å²) in [6, 6.07) is 4.63. The molecule has 0 spiro atoms. The van der Waals surface area contributed by atoms with Gasteiger partial charge in [0.25, 0.3) is 5.56 Å². The fourth-order valence-corrected chi connectivity index (χ4v) is 4.71. The number of nitrogens with zero attached hydrogens (tertiary/aromatic N) is 2. The molecular formula is C18H17ClF3N3O4S. The van der Waals surface area contributed by atoms with E-state index in [-0.39, 0.29) is 15.6 Å². The third-order valence-electron chi connectivity index (χ3n) is 4.54. The number of sulfonamides is 1. The summed E-state index contributed by atoms with van der Waals surface area (Å²) >= 11 is 5.85. The van der Waals surface area contributed by atoms with Crippen molar-refractivity contribution in [2.24, 2.45) is 0 Å². The number of amides is 1. The van der Waals surface area contributed by atoms with E-state index in [2.05, 4.69) is 5.32 Å². The van der Waals surface area contributed by atoms with Gasteiger partial charge in [0.05, 0.1) is 21.2 Å². The Hall–Kier alpha value is -2.37. The Morgan fingerprint density at radius 3 is 2.43 bits per heavy atom. The Kier molecular flexibility index (Phi) is 6.25. The SMILES string of the molecule is O=C(Cn1cc(S(=O)(=O)N2CCCC2)ccc1=O)Nc1cc(C(F)(F)F)ccc1Cl. The molecule has 162 valence electrons. The van der Waals surface area contributed by atoms with Gasteiger partial charge in [-0.05, 0) is 37.1 Å². The maximum absolute atomic E-state index is 12.9. The molecular weight excluding hydrogens is 447 g/mol. The summed E-state index contributed by atoms with van der Waals surface area (Å²) in [7, 11) is -3.81. The van der Waals surface area contributed by atoms with Gasteiger partial charge in [0.1, 0.15) is 6.54 Å². The molecule has 1 amide bonds. The number of rotatable bonds is 5. The van der Waals surface area contributed by atoms with E-state index < -0.39 is 39.8 Å². The number of anilines is 1. The summed E-state index contributed by atoms with van der Waals surface area (Å²) in [5.74, 6) is -0.839. The number of aromatic nitrogens is 1. The lowest BCUT2D eigenvalue weighted by molar-refractivity contribution is -0.137. The maximum Gasteiger partial charge on any atom is 0.416 e. The first kappa shape index (κ1) is 22.3. The summed E-state index contributed by atoms with van der Waals surface area (Å²) in [6.45, 7) is 0.140. The minimum atomic E-state index is -4.63. The quantitative estimate of drug-likeness (QED) is 0.738. The zero-order chi connectivity index (χ0) is 22.1. The Bertz CT molecular complexity index is 1130. The lowest BCUT2D eigenvalue weighted by Crippen LogP contribution is -2.31. The molecule has 1 aromatic carbocycles. The molecule has 7 nitrogen and oxygen atoms in total. The van der Waals surface area contributed by atoms with E-state index in [1.165, 1.54) is 4.31 Å². The molecule has 12 heteroatoms. The molecule has 1 aliphatic rings. The van der Waals surface area contributed by atoms with Crippen molar-refractivity contribution in [1.29, 1.82) is 0 Å². The standard InChI is InChI=1S/C18H17ClF3N3O4S/c19-14-5-3-12(18(20,21)22)9-15(14)23-16(26)11-24-10-13(4-6-17(24)27)30(28,29)25-7-1-2-8-25/h3-6,9-10H,1-2,7-8,11H2,(H,23,26). The van der Waals surface area contributed by atoms with Crippen LogP contribution >= 0.6 is 11.6 Å². The topological polar surface area (TPSA) is 88.5 Å². The van der Waals surface area contributed by atoms with Gasteiger partial charge in [-0.15, -0.1) is 0 Å². The average Bonchev–Trinajstić information content (AvgIpc) is 3.20. The van der Waals surface area contributed by atoms with Crippen LogP contribution in [-0.2, 0) is 27.5 Å². The van der Waals surface area contributed by atoms with Gasteiger partial charge in [0.2, 0.25) is 15.9 Å². The van der Waals surface area contributed by atoms with Crippen LogP contribution in [-0.4, -0.2) is 36.3 Å². The molecule has 0 unspecified atom stereocenters. The second kappa shape index (κ2) is 8.40. The van der Waals surface area contributed by atoms with E-state index in [1.807, 2.05) is 0 Å². The van der Waals surface area contributed by atoms with Crippen molar-refractivity contribution >= 4 is 33.2 Å². The highest BCUT2D eigenvalue weighted by Crippen LogP contribution is 2.33. The van der Waals surface area contributed by atoms with E-state index in [1.54, 1.807) is 0 Å². The summed E-state index contributed by atoms with van der Waals surface area (Å²) in [5, 5.41) is 2.10. The minimum absolute atomic E-state index is 0.117. The van der Waals surface area contributed by atoms with Crippen LogP contribution in [0.5, 0.6) is 0 Å². The molecule has 30 heavy (non-hydrogen) atoms. The van der Waals surface area contributed by atoms with Crippen LogP contribution in [0, 0.1) is 0 Å². The first-order chi connectivity index (χ1) is 14.0. The van der Waals surface area contributed by atoms with Gasteiger partial charge in [-0.1, -0.05) is 11.6 Å². The van der Waals surface area contributed by atoms with Crippen molar-refractivity contribution in [2.45, 2.75) is 30.5 Å². The van der Waals surface area contributed by atoms with E-state index in [9.17, 15) is 31.2 Å². The molecule has 1 fully saturated rings. The smallest absolute Gasteiger partial charge is 0.323 e. The van der Waals surface area contributed by atoms with E-state index in [0.29, 0.717) is 19.2 Å². The summed E-state index contributed by atoms with van der Waals surface area (Å²) in [5.41, 5.74) is -1.91. The first-order valence-corrected chi connectivity index (χ1v) is 10.7. The predicted molar refractivity (Wildman–Crippen MR) is 104 cm³/mol. The van der Waals surface area contributed by atoms with Gasteiger partial charge in [0.15, 0.2) is 0 Å². The number of carbonyl (C=O) groups is 1. The van der Waals surface area contributed by atoms with Crippen LogP contribution in [0.1, 0.15) is 18.4 Å². The number of nitrogens with one attached hydrogen (secondary N) is 1. The minimum Gasteiger partial charge on any atom is -0.323 e. The van der Waals surface area contributed by atoms with Gasteiger partial charge in [-0.3, -0.25) is 9.59 Å². The van der Waals surface area contributed by atoms with Crippen LogP contribution in [0.4, 0.5) is 18.9 Å². The molecule has 1 aromatic heterocycles. The number of pyridine rings is 1. The zero-order valence-electron chi connectivity index (χ0n) is 15.4. The Morgan fingerprint density at radius 1 is 1.13 bits per heavy atom. The van der Waals surface area contributed by atoms with Gasteiger partial charge in [0, 0.05) is 25.4 Å². The van der Waals surface area contributed by atoms with Crippen molar-refractivity contribution in [2.75, 3.05) is 18.4 Å². The maximum atomic E-state index is 12.9. The van der Waals surface area contributed by atoms with Crippen LogP contribution in [0.2, 0.25) is 5.02 Å². The monoisotopic (exact) mass is 463 g/mol. The zero-order valence-corrected chi connectivity index (χ0v) is 17.0. The molecule has 0 saturated carbocycles. The van der Waals surface area contributed by atoms with Gasteiger partial charge in [-0.2, -0.15) is 17.5 Å². The highest BCUT2D eigenvalue weighted by Gasteiger charge is 2.31. The lowest BCUT2D eigenvalue weighted by atomic mass is 10.2. The normalized spacial score (nSPS) is 15.3. The highest BCUT2D eigenvalue weighted by molar-refractivity contribution is 7.89. The Morgan fingerprint density at radius 2 is 1.80 bits per heavy atom. The van der Waals surface area contributed by atoms with Gasteiger partial charge >= 0.3 is 6.18 Å². The number of hydrogen-bond acceptors (Lipinski definition) is 4. The number of carbonyl (C=O) groups excluding carboxylic acids is 1. The van der Waals surface area contributed by atoms with Crippen LogP contribution in [0.25, 0.3) is 0 Å². The first-order valence-electron chi connectivity index (χ1n) is 8.86. The van der Waals surface area contributed by atoms with Crippen LogP contribution < -0.4 is 10.9 Å².